The molecule has 1 aromatic carbocycles. The van der Waals surface area contributed by atoms with E-state index in [9.17, 15) is 4.79 Å². The van der Waals surface area contributed by atoms with Crippen molar-refractivity contribution in [3.8, 4) is 11.5 Å². The van der Waals surface area contributed by atoms with Gasteiger partial charge in [0.1, 0.15) is 6.10 Å². The van der Waals surface area contributed by atoms with Gasteiger partial charge in [-0.25, -0.2) is 4.79 Å². The number of carboxylic acid groups (broad SMARTS) is 1. The maximum Gasteiger partial charge on any atom is 0.335 e. The molecular formula is C15H18N2O4. The van der Waals surface area contributed by atoms with Crippen molar-refractivity contribution in [2.24, 2.45) is 5.41 Å². The largest absolute Gasteiger partial charge is 0.478 e. The Kier molecular flexibility index (Phi) is 4.09. The van der Waals surface area contributed by atoms with Gasteiger partial charge in [0, 0.05) is 12.7 Å². The van der Waals surface area contributed by atoms with Crippen molar-refractivity contribution >= 4 is 5.97 Å². The Morgan fingerprint density at radius 2 is 1.90 bits per heavy atom. The smallest absolute Gasteiger partial charge is 0.335 e. The van der Waals surface area contributed by atoms with E-state index in [4.69, 9.17) is 14.4 Å². The standard InChI is InChI=1S/C15H18N2O4/c1-15(2,3)11(20-4)12-16-13(21-17-12)9-5-7-10(8-6-9)14(18)19/h5-8,11H,1-4H3,(H,18,19). The summed E-state index contributed by atoms with van der Waals surface area (Å²) in [6.07, 6.45) is -0.284. The summed E-state index contributed by atoms with van der Waals surface area (Å²) in [7, 11) is 1.60. The van der Waals surface area contributed by atoms with Gasteiger partial charge in [-0.05, 0) is 29.7 Å². The molecule has 0 aliphatic rings. The second-order valence-corrected chi connectivity index (χ2v) is 5.82. The minimum Gasteiger partial charge on any atom is -0.478 e. The lowest BCUT2D eigenvalue weighted by Gasteiger charge is -2.26. The number of ether oxygens (including phenoxy) is 1. The highest BCUT2D eigenvalue weighted by atomic mass is 16.5. The molecule has 1 heterocycles. The number of carbonyl (C=O) groups is 1. The van der Waals surface area contributed by atoms with Crippen LogP contribution in [0.15, 0.2) is 28.8 Å². The van der Waals surface area contributed by atoms with Gasteiger partial charge < -0.3 is 14.4 Å². The van der Waals surface area contributed by atoms with Crippen molar-refractivity contribution in [3.05, 3.63) is 35.7 Å². The Morgan fingerprint density at radius 1 is 1.29 bits per heavy atom. The molecule has 0 bridgehead atoms. The summed E-state index contributed by atoms with van der Waals surface area (Å²) in [6.45, 7) is 6.08. The molecule has 0 saturated carbocycles. The normalized spacial score (nSPS) is 13.1. The number of nitrogens with zero attached hydrogens (tertiary/aromatic N) is 2. The van der Waals surface area contributed by atoms with Crippen LogP contribution in [0.4, 0.5) is 0 Å². The summed E-state index contributed by atoms with van der Waals surface area (Å²) in [6, 6.07) is 6.28. The maximum atomic E-state index is 10.8. The highest BCUT2D eigenvalue weighted by Crippen LogP contribution is 2.34. The number of aromatic carboxylic acids is 1. The molecule has 0 saturated heterocycles. The molecule has 0 fully saturated rings. The third-order valence-electron chi connectivity index (χ3n) is 3.08. The topological polar surface area (TPSA) is 85.5 Å². The van der Waals surface area contributed by atoms with E-state index in [2.05, 4.69) is 10.1 Å². The minimum absolute atomic E-state index is 0.164. The van der Waals surface area contributed by atoms with Gasteiger partial charge in [-0.3, -0.25) is 0 Å². The molecule has 0 radical (unpaired) electrons. The first-order valence-corrected chi connectivity index (χ1v) is 6.53. The third kappa shape index (κ3) is 3.28. The van der Waals surface area contributed by atoms with Crippen LogP contribution in [0.25, 0.3) is 11.5 Å². The van der Waals surface area contributed by atoms with Crippen LogP contribution in [0.1, 0.15) is 43.1 Å². The summed E-state index contributed by atoms with van der Waals surface area (Å²) in [5.74, 6) is -0.157. The van der Waals surface area contributed by atoms with Gasteiger partial charge in [0.25, 0.3) is 5.89 Å². The quantitative estimate of drug-likeness (QED) is 0.930. The first kappa shape index (κ1) is 15.2. The van der Waals surface area contributed by atoms with E-state index in [1.54, 1.807) is 19.2 Å². The molecule has 6 nitrogen and oxygen atoms in total. The average molecular weight is 290 g/mol. The molecule has 0 spiro atoms. The van der Waals surface area contributed by atoms with Gasteiger partial charge in [-0.15, -0.1) is 0 Å². The van der Waals surface area contributed by atoms with Crippen molar-refractivity contribution in [2.75, 3.05) is 7.11 Å². The summed E-state index contributed by atoms with van der Waals surface area (Å²) in [5.41, 5.74) is 0.716. The Bertz CT molecular complexity index is 626. The van der Waals surface area contributed by atoms with Gasteiger partial charge in [0.15, 0.2) is 0 Å². The van der Waals surface area contributed by atoms with Gasteiger partial charge in [0.2, 0.25) is 5.82 Å². The SMILES string of the molecule is COC(c1noc(-c2ccc(C(=O)O)cc2)n1)C(C)(C)C. The highest BCUT2D eigenvalue weighted by Gasteiger charge is 2.30. The van der Waals surface area contributed by atoms with Crippen LogP contribution in [-0.4, -0.2) is 28.3 Å². The molecule has 112 valence electrons. The van der Waals surface area contributed by atoms with E-state index < -0.39 is 5.97 Å². The lowest BCUT2D eigenvalue weighted by molar-refractivity contribution is 0.00718. The fraction of sp³-hybridized carbons (Fsp3) is 0.400. The number of hydrogen-bond acceptors (Lipinski definition) is 5. The monoisotopic (exact) mass is 290 g/mol. The molecule has 1 atom stereocenters. The van der Waals surface area contributed by atoms with E-state index in [1.165, 1.54) is 12.1 Å². The van der Waals surface area contributed by atoms with Crippen molar-refractivity contribution in [3.63, 3.8) is 0 Å². The van der Waals surface area contributed by atoms with E-state index in [1.807, 2.05) is 20.8 Å². The first-order valence-electron chi connectivity index (χ1n) is 6.53. The molecule has 0 aliphatic heterocycles. The van der Waals surface area contributed by atoms with E-state index in [0.29, 0.717) is 17.3 Å². The summed E-state index contributed by atoms with van der Waals surface area (Å²) in [5, 5.41) is 12.8. The molecule has 1 N–H and O–H groups in total. The molecule has 0 amide bonds. The number of rotatable bonds is 4. The number of benzene rings is 1. The lowest BCUT2D eigenvalue weighted by Crippen LogP contribution is -2.21. The van der Waals surface area contributed by atoms with Gasteiger partial charge in [-0.2, -0.15) is 4.98 Å². The Morgan fingerprint density at radius 3 is 2.38 bits per heavy atom. The number of hydrogen-bond donors (Lipinski definition) is 1. The molecule has 21 heavy (non-hydrogen) atoms. The van der Waals surface area contributed by atoms with Crippen molar-refractivity contribution in [2.45, 2.75) is 26.9 Å². The zero-order valence-corrected chi connectivity index (χ0v) is 12.5. The van der Waals surface area contributed by atoms with E-state index in [0.717, 1.165) is 0 Å². The molecular weight excluding hydrogens is 272 g/mol. The summed E-state index contributed by atoms with van der Waals surface area (Å²) in [4.78, 5) is 15.2. The summed E-state index contributed by atoms with van der Waals surface area (Å²) >= 11 is 0. The van der Waals surface area contributed by atoms with Gasteiger partial charge >= 0.3 is 5.97 Å². The number of aromatic nitrogens is 2. The molecule has 2 aromatic rings. The maximum absolute atomic E-state index is 10.8. The number of carboxylic acids is 1. The van der Waals surface area contributed by atoms with Gasteiger partial charge in [0.05, 0.1) is 5.56 Å². The zero-order valence-electron chi connectivity index (χ0n) is 12.5. The second kappa shape index (κ2) is 5.65. The number of methoxy groups -OCH3 is 1. The first-order chi connectivity index (χ1) is 9.82. The molecule has 6 heteroatoms. The van der Waals surface area contributed by atoms with E-state index >= 15 is 0 Å². The van der Waals surface area contributed by atoms with Crippen molar-refractivity contribution in [1.82, 2.24) is 10.1 Å². The lowest BCUT2D eigenvalue weighted by atomic mass is 9.88. The van der Waals surface area contributed by atoms with E-state index in [-0.39, 0.29) is 17.1 Å². The van der Waals surface area contributed by atoms with Crippen LogP contribution >= 0.6 is 0 Å². The van der Waals surface area contributed by atoms with Crippen LogP contribution in [0.5, 0.6) is 0 Å². The molecule has 1 unspecified atom stereocenters. The average Bonchev–Trinajstić information content (AvgIpc) is 2.87. The predicted octanol–water partition coefficient (Wildman–Crippen LogP) is 3.17. The van der Waals surface area contributed by atoms with Gasteiger partial charge in [-0.1, -0.05) is 25.9 Å². The molecule has 1 aromatic heterocycles. The van der Waals surface area contributed by atoms with Crippen molar-refractivity contribution < 1.29 is 19.2 Å². The molecule has 2 rings (SSSR count). The second-order valence-electron chi connectivity index (χ2n) is 5.82. The van der Waals surface area contributed by atoms with Crippen molar-refractivity contribution in [1.29, 1.82) is 0 Å². The molecule has 0 aliphatic carbocycles. The Labute approximate surface area is 122 Å². The highest BCUT2D eigenvalue weighted by molar-refractivity contribution is 5.88. The van der Waals surface area contributed by atoms with Crippen LogP contribution in [0.3, 0.4) is 0 Å². The van der Waals surface area contributed by atoms with Crippen LogP contribution in [0.2, 0.25) is 0 Å². The minimum atomic E-state index is -0.972. The predicted molar refractivity (Wildman–Crippen MR) is 75.9 cm³/mol. The Balaban J connectivity index is 2.29. The van der Waals surface area contributed by atoms with Crippen LogP contribution in [0, 0.1) is 5.41 Å². The van der Waals surface area contributed by atoms with Crippen LogP contribution < -0.4 is 0 Å². The zero-order chi connectivity index (χ0) is 15.6. The Hall–Kier alpha value is -2.21. The fourth-order valence-corrected chi connectivity index (χ4v) is 2.06. The fourth-order valence-electron chi connectivity index (χ4n) is 2.06. The summed E-state index contributed by atoms with van der Waals surface area (Å²) < 4.78 is 10.7. The van der Waals surface area contributed by atoms with Crippen LogP contribution in [-0.2, 0) is 4.74 Å². The third-order valence-corrected chi connectivity index (χ3v) is 3.08.